The van der Waals surface area contributed by atoms with Gasteiger partial charge in [0.05, 0.1) is 13.2 Å². The molecular weight excluding hydrogens is 490 g/mol. The van der Waals surface area contributed by atoms with Gasteiger partial charge in [-0.3, -0.25) is 4.99 Å². The number of alkyl halides is 3. The first-order valence-electron chi connectivity index (χ1n) is 8.74. The van der Waals surface area contributed by atoms with E-state index >= 15 is 0 Å². The number of rotatable bonds is 12. The zero-order valence-corrected chi connectivity index (χ0v) is 18.5. The predicted molar refractivity (Wildman–Crippen MR) is 114 cm³/mol. The highest BCUT2D eigenvalue weighted by Crippen LogP contribution is 2.18. The number of aliphatic imine (C=N–C) groups is 1. The quantitative estimate of drug-likeness (QED) is 0.192. The topological polar surface area (TPSA) is 64.1 Å². The van der Waals surface area contributed by atoms with Crippen LogP contribution in [0.4, 0.5) is 13.2 Å². The summed E-state index contributed by atoms with van der Waals surface area (Å²) in [5.74, 6) is 0.846. The molecular formula is C18H29F3IN3O3. The maximum Gasteiger partial charge on any atom is 0.422 e. The van der Waals surface area contributed by atoms with Crippen molar-refractivity contribution >= 4 is 29.9 Å². The first-order valence-corrected chi connectivity index (χ1v) is 8.74. The van der Waals surface area contributed by atoms with Crippen molar-refractivity contribution in [3.8, 4) is 5.75 Å². The van der Waals surface area contributed by atoms with Crippen molar-refractivity contribution < 1.29 is 27.4 Å². The van der Waals surface area contributed by atoms with Gasteiger partial charge in [0.1, 0.15) is 5.75 Å². The third-order valence-electron chi connectivity index (χ3n) is 3.45. The number of halogens is 4. The highest BCUT2D eigenvalue weighted by Gasteiger charge is 2.28. The lowest BCUT2D eigenvalue weighted by atomic mass is 10.2. The van der Waals surface area contributed by atoms with E-state index < -0.39 is 12.8 Å². The number of nitrogens with zero attached hydrogens (tertiary/aromatic N) is 1. The van der Waals surface area contributed by atoms with Gasteiger partial charge in [-0.15, -0.1) is 24.0 Å². The molecule has 6 nitrogen and oxygen atoms in total. The zero-order valence-electron chi connectivity index (χ0n) is 16.2. The number of benzene rings is 1. The summed E-state index contributed by atoms with van der Waals surface area (Å²) in [6.45, 7) is 1.87. The second kappa shape index (κ2) is 15.6. The van der Waals surface area contributed by atoms with Crippen molar-refractivity contribution in [2.75, 3.05) is 47.1 Å². The van der Waals surface area contributed by atoms with Gasteiger partial charge in [-0.05, 0) is 30.5 Å². The molecule has 0 unspecified atom stereocenters. The molecule has 0 amide bonds. The standard InChI is InChI=1S/C18H28F3N3O3.HI/c1-22-17(23-9-3-4-10-26-12-11-25-2)24-13-15-5-7-16(8-6-15)27-14-18(19,20)21;/h5-8H,3-4,9-14H2,1-2H3,(H2,22,23,24);1H. The van der Waals surface area contributed by atoms with Gasteiger partial charge in [-0.25, -0.2) is 0 Å². The average Bonchev–Trinajstić information content (AvgIpc) is 2.65. The molecule has 0 spiro atoms. The Hall–Kier alpha value is -1.27. The van der Waals surface area contributed by atoms with Gasteiger partial charge in [0.25, 0.3) is 0 Å². The minimum Gasteiger partial charge on any atom is -0.484 e. The molecule has 0 heterocycles. The Kier molecular flexibility index (Phi) is 14.9. The normalized spacial score (nSPS) is 11.7. The molecule has 0 aliphatic carbocycles. The molecule has 1 aromatic rings. The molecule has 0 saturated carbocycles. The summed E-state index contributed by atoms with van der Waals surface area (Å²) < 4.78 is 51.3. The van der Waals surface area contributed by atoms with Gasteiger partial charge in [0.15, 0.2) is 12.6 Å². The predicted octanol–water partition coefficient (Wildman–Crippen LogP) is 3.35. The van der Waals surface area contributed by atoms with Crippen LogP contribution in [0.1, 0.15) is 18.4 Å². The number of hydrogen-bond acceptors (Lipinski definition) is 4. The lowest BCUT2D eigenvalue weighted by Crippen LogP contribution is -2.37. The minimum atomic E-state index is -4.34. The van der Waals surface area contributed by atoms with Crippen LogP contribution in [0.25, 0.3) is 0 Å². The fraction of sp³-hybridized carbons (Fsp3) is 0.611. The lowest BCUT2D eigenvalue weighted by molar-refractivity contribution is -0.153. The summed E-state index contributed by atoms with van der Waals surface area (Å²) in [7, 11) is 3.32. The van der Waals surface area contributed by atoms with Crippen molar-refractivity contribution in [1.29, 1.82) is 0 Å². The van der Waals surface area contributed by atoms with E-state index in [9.17, 15) is 13.2 Å². The number of nitrogens with one attached hydrogen (secondary N) is 2. The third kappa shape index (κ3) is 13.8. The van der Waals surface area contributed by atoms with Crippen molar-refractivity contribution in [3.63, 3.8) is 0 Å². The Bertz CT molecular complexity index is 543. The van der Waals surface area contributed by atoms with E-state index in [0.717, 1.165) is 24.9 Å². The van der Waals surface area contributed by atoms with Gasteiger partial charge in [0.2, 0.25) is 0 Å². The summed E-state index contributed by atoms with van der Waals surface area (Å²) in [6.07, 6.45) is -2.46. The van der Waals surface area contributed by atoms with Crippen molar-refractivity contribution in [1.82, 2.24) is 10.6 Å². The van der Waals surface area contributed by atoms with Gasteiger partial charge in [-0.2, -0.15) is 13.2 Å². The van der Waals surface area contributed by atoms with Crippen LogP contribution < -0.4 is 15.4 Å². The largest absolute Gasteiger partial charge is 0.484 e. The summed E-state index contributed by atoms with van der Waals surface area (Å²) in [6, 6.07) is 6.46. The Balaban J connectivity index is 0.00000729. The van der Waals surface area contributed by atoms with Crippen molar-refractivity contribution in [3.05, 3.63) is 29.8 Å². The van der Waals surface area contributed by atoms with Gasteiger partial charge >= 0.3 is 6.18 Å². The van der Waals surface area contributed by atoms with Crippen LogP contribution >= 0.6 is 24.0 Å². The Morgan fingerprint density at radius 1 is 1.04 bits per heavy atom. The molecule has 0 bridgehead atoms. The van der Waals surface area contributed by atoms with E-state index in [1.807, 2.05) is 0 Å². The molecule has 0 radical (unpaired) electrons. The smallest absolute Gasteiger partial charge is 0.422 e. The van der Waals surface area contributed by atoms with E-state index in [1.165, 1.54) is 12.1 Å². The Morgan fingerprint density at radius 2 is 1.75 bits per heavy atom. The third-order valence-corrected chi connectivity index (χ3v) is 3.45. The lowest BCUT2D eigenvalue weighted by Gasteiger charge is -2.13. The molecule has 0 aromatic heterocycles. The van der Waals surface area contributed by atoms with Crippen LogP contribution in [-0.4, -0.2) is 59.3 Å². The molecule has 0 aliphatic rings. The molecule has 1 aromatic carbocycles. The fourth-order valence-corrected chi connectivity index (χ4v) is 2.06. The van der Waals surface area contributed by atoms with E-state index in [1.54, 1.807) is 26.3 Å². The summed E-state index contributed by atoms with van der Waals surface area (Å²) in [5.41, 5.74) is 0.906. The number of guanidine groups is 1. The summed E-state index contributed by atoms with van der Waals surface area (Å²) in [5, 5.41) is 6.35. The molecule has 0 atom stereocenters. The molecule has 0 fully saturated rings. The van der Waals surface area contributed by atoms with Crippen LogP contribution in [0.5, 0.6) is 5.75 Å². The van der Waals surface area contributed by atoms with Crippen LogP contribution in [0.15, 0.2) is 29.3 Å². The molecule has 0 aliphatic heterocycles. The average molecular weight is 519 g/mol. The van der Waals surface area contributed by atoms with E-state index in [4.69, 9.17) is 9.47 Å². The van der Waals surface area contributed by atoms with Crippen LogP contribution in [0, 0.1) is 0 Å². The summed E-state index contributed by atoms with van der Waals surface area (Å²) >= 11 is 0. The monoisotopic (exact) mass is 519 g/mol. The second-order valence-corrected chi connectivity index (χ2v) is 5.71. The Labute approximate surface area is 181 Å². The fourth-order valence-electron chi connectivity index (χ4n) is 2.06. The summed E-state index contributed by atoms with van der Waals surface area (Å²) in [4.78, 5) is 4.13. The molecule has 0 saturated heterocycles. The van der Waals surface area contributed by atoms with E-state index in [2.05, 4.69) is 20.4 Å². The van der Waals surface area contributed by atoms with Crippen LogP contribution in [0.2, 0.25) is 0 Å². The zero-order chi connectivity index (χ0) is 20.0. The second-order valence-electron chi connectivity index (χ2n) is 5.71. The molecule has 2 N–H and O–H groups in total. The highest BCUT2D eigenvalue weighted by atomic mass is 127. The minimum absolute atomic E-state index is 0. The highest BCUT2D eigenvalue weighted by molar-refractivity contribution is 14.0. The number of hydrogen-bond donors (Lipinski definition) is 2. The van der Waals surface area contributed by atoms with Crippen molar-refractivity contribution in [2.45, 2.75) is 25.6 Å². The van der Waals surface area contributed by atoms with Gasteiger partial charge in [0, 0.05) is 33.9 Å². The first kappa shape index (κ1) is 26.7. The van der Waals surface area contributed by atoms with E-state index in [0.29, 0.717) is 32.3 Å². The van der Waals surface area contributed by atoms with Crippen LogP contribution in [-0.2, 0) is 16.0 Å². The SMILES string of the molecule is CN=C(NCCCCOCCOC)NCc1ccc(OCC(F)(F)F)cc1.I. The number of unbranched alkanes of at least 4 members (excludes halogenated alkanes) is 1. The van der Waals surface area contributed by atoms with E-state index in [-0.39, 0.29) is 29.7 Å². The van der Waals surface area contributed by atoms with Crippen LogP contribution in [0.3, 0.4) is 0 Å². The molecule has 162 valence electrons. The molecule has 10 heteroatoms. The van der Waals surface area contributed by atoms with Gasteiger partial charge in [-0.1, -0.05) is 12.1 Å². The van der Waals surface area contributed by atoms with Gasteiger partial charge < -0.3 is 24.8 Å². The maximum absolute atomic E-state index is 12.1. The Morgan fingerprint density at radius 3 is 2.36 bits per heavy atom. The first-order chi connectivity index (χ1) is 12.9. The molecule has 28 heavy (non-hydrogen) atoms. The molecule has 1 rings (SSSR count). The van der Waals surface area contributed by atoms with Crippen molar-refractivity contribution in [2.24, 2.45) is 4.99 Å². The number of methoxy groups -OCH3 is 1. The maximum atomic E-state index is 12.1. The number of ether oxygens (including phenoxy) is 3.